The zero-order valence-corrected chi connectivity index (χ0v) is 9.80. The van der Waals surface area contributed by atoms with Crippen molar-refractivity contribution in [3.8, 4) is 5.75 Å². The minimum Gasteiger partial charge on any atom is -0.494 e. The highest BCUT2D eigenvalue weighted by molar-refractivity contribution is 5.21. The second kappa shape index (κ2) is 6.11. The van der Waals surface area contributed by atoms with Crippen LogP contribution in [0.25, 0.3) is 0 Å². The van der Waals surface area contributed by atoms with Crippen LogP contribution in [0.15, 0.2) is 48.8 Å². The lowest BCUT2D eigenvalue weighted by Gasteiger charge is -2.13. The molecule has 2 aromatic rings. The lowest BCUT2D eigenvalue weighted by Crippen LogP contribution is -2.15. The number of aromatic amines is 1. The molecule has 0 saturated carbocycles. The molecule has 0 amide bonds. The molecule has 3 nitrogen and oxygen atoms in total. The van der Waals surface area contributed by atoms with E-state index in [1.807, 2.05) is 42.7 Å². The van der Waals surface area contributed by atoms with Crippen molar-refractivity contribution in [1.29, 1.82) is 0 Å². The fourth-order valence-electron chi connectivity index (χ4n) is 1.85. The van der Waals surface area contributed by atoms with Gasteiger partial charge in [-0.15, -0.1) is 0 Å². The molecule has 2 rings (SSSR count). The van der Waals surface area contributed by atoms with Gasteiger partial charge in [0.1, 0.15) is 5.75 Å². The van der Waals surface area contributed by atoms with E-state index in [4.69, 9.17) is 10.5 Å². The van der Waals surface area contributed by atoms with E-state index < -0.39 is 0 Å². The molecule has 1 aromatic carbocycles. The van der Waals surface area contributed by atoms with Crippen LogP contribution < -0.4 is 10.5 Å². The molecule has 0 fully saturated rings. The van der Waals surface area contributed by atoms with Crippen LogP contribution in [-0.2, 0) is 0 Å². The standard InChI is InChI=1S/C14H18N2O/c15-10-12(13-6-8-16-11-13)7-9-17-14-4-2-1-3-5-14/h1-6,8,11-12,16H,7,9-10,15H2. The SMILES string of the molecule is NCC(CCOc1ccccc1)c1cc[nH]c1. The highest BCUT2D eigenvalue weighted by Crippen LogP contribution is 2.18. The number of rotatable bonds is 6. The molecule has 0 bridgehead atoms. The quantitative estimate of drug-likeness (QED) is 0.801. The first-order chi connectivity index (χ1) is 8.40. The van der Waals surface area contributed by atoms with Crippen LogP contribution in [0.2, 0.25) is 0 Å². The highest BCUT2D eigenvalue weighted by atomic mass is 16.5. The lowest BCUT2D eigenvalue weighted by molar-refractivity contribution is 0.298. The Kier molecular flexibility index (Phi) is 4.22. The van der Waals surface area contributed by atoms with E-state index in [0.717, 1.165) is 12.2 Å². The summed E-state index contributed by atoms with van der Waals surface area (Å²) in [5, 5.41) is 0. The molecule has 1 unspecified atom stereocenters. The van der Waals surface area contributed by atoms with Gasteiger partial charge in [-0.25, -0.2) is 0 Å². The van der Waals surface area contributed by atoms with Crippen molar-refractivity contribution < 1.29 is 4.74 Å². The molecule has 0 aliphatic rings. The molecule has 0 radical (unpaired) electrons. The lowest BCUT2D eigenvalue weighted by atomic mass is 9.99. The average Bonchev–Trinajstić information content (AvgIpc) is 2.90. The molecular formula is C14H18N2O. The molecule has 1 atom stereocenters. The molecule has 0 saturated heterocycles. The van der Waals surface area contributed by atoms with Crippen molar-refractivity contribution in [2.24, 2.45) is 5.73 Å². The van der Waals surface area contributed by atoms with Gasteiger partial charge in [0, 0.05) is 18.3 Å². The van der Waals surface area contributed by atoms with Crippen molar-refractivity contribution in [2.75, 3.05) is 13.2 Å². The number of nitrogens with one attached hydrogen (secondary N) is 1. The Morgan fingerprint density at radius 1 is 1.18 bits per heavy atom. The summed E-state index contributed by atoms with van der Waals surface area (Å²) in [4.78, 5) is 3.06. The summed E-state index contributed by atoms with van der Waals surface area (Å²) in [6.45, 7) is 1.34. The third kappa shape index (κ3) is 3.36. The number of aromatic nitrogens is 1. The van der Waals surface area contributed by atoms with Crippen LogP contribution in [0.4, 0.5) is 0 Å². The fraction of sp³-hybridized carbons (Fsp3) is 0.286. The molecule has 0 aliphatic heterocycles. The smallest absolute Gasteiger partial charge is 0.119 e. The van der Waals surface area contributed by atoms with Crippen molar-refractivity contribution in [3.63, 3.8) is 0 Å². The van der Waals surface area contributed by atoms with Gasteiger partial charge in [-0.1, -0.05) is 18.2 Å². The van der Waals surface area contributed by atoms with Gasteiger partial charge in [0.05, 0.1) is 6.61 Å². The first-order valence-corrected chi connectivity index (χ1v) is 5.90. The molecular weight excluding hydrogens is 212 g/mol. The summed E-state index contributed by atoms with van der Waals surface area (Å²) in [6, 6.07) is 11.9. The number of benzene rings is 1. The van der Waals surface area contributed by atoms with Crippen molar-refractivity contribution in [3.05, 3.63) is 54.4 Å². The van der Waals surface area contributed by atoms with E-state index in [-0.39, 0.29) is 0 Å². The van der Waals surface area contributed by atoms with Crippen LogP contribution in [0.5, 0.6) is 5.75 Å². The van der Waals surface area contributed by atoms with Crippen molar-refractivity contribution >= 4 is 0 Å². The van der Waals surface area contributed by atoms with E-state index in [9.17, 15) is 0 Å². The van der Waals surface area contributed by atoms with E-state index >= 15 is 0 Å². The van der Waals surface area contributed by atoms with Gasteiger partial charge in [0.15, 0.2) is 0 Å². The summed E-state index contributed by atoms with van der Waals surface area (Å²) in [6.07, 6.45) is 4.86. The zero-order valence-electron chi connectivity index (χ0n) is 9.80. The number of nitrogens with two attached hydrogens (primary N) is 1. The first kappa shape index (κ1) is 11.7. The maximum absolute atomic E-state index is 5.77. The average molecular weight is 230 g/mol. The van der Waals surface area contributed by atoms with Crippen LogP contribution in [0, 0.1) is 0 Å². The minimum atomic E-state index is 0.366. The van der Waals surface area contributed by atoms with Crippen molar-refractivity contribution in [2.45, 2.75) is 12.3 Å². The van der Waals surface area contributed by atoms with Gasteiger partial charge in [-0.2, -0.15) is 0 Å². The Labute approximate surface area is 102 Å². The zero-order chi connectivity index (χ0) is 11.9. The van der Waals surface area contributed by atoms with Gasteiger partial charge in [0.25, 0.3) is 0 Å². The Hall–Kier alpha value is -1.74. The topological polar surface area (TPSA) is 51.0 Å². The second-order valence-corrected chi connectivity index (χ2v) is 4.03. The second-order valence-electron chi connectivity index (χ2n) is 4.03. The summed E-state index contributed by atoms with van der Waals surface area (Å²) in [5.74, 6) is 1.28. The summed E-state index contributed by atoms with van der Waals surface area (Å²) >= 11 is 0. The van der Waals surface area contributed by atoms with Crippen LogP contribution in [0.3, 0.4) is 0 Å². The molecule has 3 N–H and O–H groups in total. The van der Waals surface area contributed by atoms with E-state index in [0.29, 0.717) is 19.1 Å². The summed E-state index contributed by atoms with van der Waals surface area (Å²) in [5.41, 5.74) is 7.03. The van der Waals surface area contributed by atoms with Crippen molar-refractivity contribution in [1.82, 2.24) is 4.98 Å². The fourth-order valence-corrected chi connectivity index (χ4v) is 1.85. The number of ether oxygens (including phenoxy) is 1. The monoisotopic (exact) mass is 230 g/mol. The van der Waals surface area contributed by atoms with Crippen LogP contribution >= 0.6 is 0 Å². The molecule has 17 heavy (non-hydrogen) atoms. The number of hydrogen-bond donors (Lipinski definition) is 2. The molecule has 0 spiro atoms. The molecule has 1 aromatic heterocycles. The van der Waals surface area contributed by atoms with E-state index in [1.54, 1.807) is 0 Å². The Balaban J connectivity index is 1.81. The Bertz CT molecular complexity index is 411. The highest BCUT2D eigenvalue weighted by Gasteiger charge is 2.09. The number of para-hydroxylation sites is 1. The number of H-pyrrole nitrogens is 1. The van der Waals surface area contributed by atoms with Gasteiger partial charge in [-0.3, -0.25) is 0 Å². The first-order valence-electron chi connectivity index (χ1n) is 5.90. The van der Waals surface area contributed by atoms with E-state index in [2.05, 4.69) is 11.1 Å². The summed E-state index contributed by atoms with van der Waals surface area (Å²) < 4.78 is 5.67. The van der Waals surface area contributed by atoms with Gasteiger partial charge in [-0.05, 0) is 36.7 Å². The summed E-state index contributed by atoms with van der Waals surface area (Å²) in [7, 11) is 0. The largest absolute Gasteiger partial charge is 0.494 e. The maximum Gasteiger partial charge on any atom is 0.119 e. The van der Waals surface area contributed by atoms with Gasteiger partial charge in [0.2, 0.25) is 0 Å². The molecule has 3 heteroatoms. The van der Waals surface area contributed by atoms with Gasteiger partial charge < -0.3 is 15.5 Å². The maximum atomic E-state index is 5.77. The third-order valence-electron chi connectivity index (χ3n) is 2.86. The van der Waals surface area contributed by atoms with Crippen LogP contribution in [-0.4, -0.2) is 18.1 Å². The molecule has 90 valence electrons. The van der Waals surface area contributed by atoms with E-state index in [1.165, 1.54) is 5.56 Å². The third-order valence-corrected chi connectivity index (χ3v) is 2.86. The molecule has 1 heterocycles. The van der Waals surface area contributed by atoms with Crippen LogP contribution in [0.1, 0.15) is 17.9 Å². The predicted molar refractivity (Wildman–Crippen MR) is 69.1 cm³/mol. The molecule has 0 aliphatic carbocycles. The number of hydrogen-bond acceptors (Lipinski definition) is 2. The van der Waals surface area contributed by atoms with Gasteiger partial charge >= 0.3 is 0 Å². The predicted octanol–water partition coefficient (Wildman–Crippen LogP) is 2.53. The Morgan fingerprint density at radius 2 is 2.00 bits per heavy atom. The Morgan fingerprint density at radius 3 is 2.65 bits per heavy atom. The minimum absolute atomic E-state index is 0.366. The normalized spacial score (nSPS) is 12.3.